The zero-order valence-corrected chi connectivity index (χ0v) is 9.25. The van der Waals surface area contributed by atoms with Crippen LogP contribution in [0.5, 0.6) is 0 Å². The fourth-order valence-corrected chi connectivity index (χ4v) is 1.81. The third-order valence-corrected chi connectivity index (χ3v) is 2.69. The fraction of sp³-hybridized carbons (Fsp3) is 0. The lowest BCUT2D eigenvalue weighted by molar-refractivity contribution is 0.103. The van der Waals surface area contributed by atoms with Gasteiger partial charge in [0.25, 0.3) is 0 Å². The maximum Gasteiger partial charge on any atom is 0.199 e. The Bertz CT molecular complexity index is 736. The van der Waals surface area contributed by atoms with Crippen molar-refractivity contribution in [2.45, 2.75) is 0 Å². The second kappa shape index (κ2) is 4.03. The molecule has 0 atom stereocenters. The molecule has 88 valence electrons. The summed E-state index contributed by atoms with van der Waals surface area (Å²) in [7, 11) is 0. The maximum atomic E-state index is 13.5. The molecule has 3 rings (SSSR count). The zero-order valence-electron chi connectivity index (χ0n) is 9.25. The standard InChI is InChI=1S/C13H8FN3O/c14-11-8-15-5-4-9(11)13(18)10-7-16-17-6-2-1-3-12(10)17/h1-8H. The van der Waals surface area contributed by atoms with E-state index in [1.54, 1.807) is 28.9 Å². The number of nitrogens with zero attached hydrogens (tertiary/aromatic N) is 3. The van der Waals surface area contributed by atoms with E-state index in [1.807, 2.05) is 0 Å². The summed E-state index contributed by atoms with van der Waals surface area (Å²) in [6.45, 7) is 0. The molecule has 0 fully saturated rings. The summed E-state index contributed by atoms with van der Waals surface area (Å²) in [4.78, 5) is 15.8. The summed E-state index contributed by atoms with van der Waals surface area (Å²) < 4.78 is 15.1. The second-order valence-electron chi connectivity index (χ2n) is 3.77. The topological polar surface area (TPSA) is 47.3 Å². The average Bonchev–Trinajstić information content (AvgIpc) is 2.82. The van der Waals surface area contributed by atoms with Crippen molar-refractivity contribution in [1.29, 1.82) is 0 Å². The normalized spacial score (nSPS) is 10.7. The Balaban J connectivity index is 2.16. The SMILES string of the molecule is O=C(c1ccncc1F)c1cnn2ccccc12. The molecule has 0 saturated carbocycles. The van der Waals surface area contributed by atoms with Crippen molar-refractivity contribution in [3.05, 3.63) is 66.0 Å². The first kappa shape index (κ1) is 10.6. The Morgan fingerprint density at radius 1 is 1.17 bits per heavy atom. The van der Waals surface area contributed by atoms with Crippen LogP contribution in [0.1, 0.15) is 15.9 Å². The number of fused-ring (bicyclic) bond motifs is 1. The summed E-state index contributed by atoms with van der Waals surface area (Å²) in [5.41, 5.74) is 1.03. The molecule has 3 heterocycles. The van der Waals surface area contributed by atoms with Crippen molar-refractivity contribution in [3.63, 3.8) is 0 Å². The molecule has 5 heteroatoms. The van der Waals surface area contributed by atoms with E-state index in [-0.39, 0.29) is 5.56 Å². The molecule has 0 aliphatic heterocycles. The van der Waals surface area contributed by atoms with Crippen molar-refractivity contribution in [2.24, 2.45) is 0 Å². The van der Waals surface area contributed by atoms with Crippen molar-refractivity contribution >= 4 is 11.3 Å². The van der Waals surface area contributed by atoms with Gasteiger partial charge in [-0.15, -0.1) is 0 Å². The van der Waals surface area contributed by atoms with Crippen LogP contribution in [0.25, 0.3) is 5.52 Å². The van der Waals surface area contributed by atoms with E-state index < -0.39 is 11.6 Å². The molecule has 0 aromatic carbocycles. The first-order valence-corrected chi connectivity index (χ1v) is 5.34. The molecule has 0 amide bonds. The lowest BCUT2D eigenvalue weighted by atomic mass is 10.1. The predicted octanol–water partition coefficient (Wildman–Crippen LogP) is 2.10. The zero-order chi connectivity index (χ0) is 12.5. The highest BCUT2D eigenvalue weighted by molar-refractivity contribution is 6.13. The minimum atomic E-state index is -0.627. The second-order valence-corrected chi connectivity index (χ2v) is 3.77. The van der Waals surface area contributed by atoms with E-state index in [4.69, 9.17) is 0 Å². The average molecular weight is 241 g/mol. The van der Waals surface area contributed by atoms with Gasteiger partial charge in [-0.05, 0) is 18.2 Å². The molecule has 0 unspecified atom stereocenters. The number of pyridine rings is 2. The molecule has 0 radical (unpaired) electrons. The van der Waals surface area contributed by atoms with Gasteiger partial charge < -0.3 is 0 Å². The number of carbonyl (C=O) groups is 1. The molecular formula is C13H8FN3O. The van der Waals surface area contributed by atoms with E-state index in [0.29, 0.717) is 11.1 Å². The Kier molecular flexibility index (Phi) is 2.37. The largest absolute Gasteiger partial charge is 0.288 e. The van der Waals surface area contributed by atoms with Crippen molar-refractivity contribution < 1.29 is 9.18 Å². The summed E-state index contributed by atoms with van der Waals surface area (Å²) in [6.07, 6.45) is 5.59. The number of carbonyl (C=O) groups excluding carboxylic acids is 1. The first-order valence-electron chi connectivity index (χ1n) is 5.34. The van der Waals surface area contributed by atoms with Gasteiger partial charge in [0, 0.05) is 12.4 Å². The summed E-state index contributed by atoms with van der Waals surface area (Å²) >= 11 is 0. The minimum Gasteiger partial charge on any atom is -0.288 e. The first-order chi connectivity index (χ1) is 8.77. The number of ketones is 1. The van der Waals surface area contributed by atoms with Gasteiger partial charge in [0.2, 0.25) is 0 Å². The molecule has 0 aliphatic rings. The molecular weight excluding hydrogens is 233 g/mol. The number of hydrogen-bond acceptors (Lipinski definition) is 3. The van der Waals surface area contributed by atoms with Crippen LogP contribution in [0.4, 0.5) is 4.39 Å². The molecule has 0 aliphatic carbocycles. The monoisotopic (exact) mass is 241 g/mol. The van der Waals surface area contributed by atoms with Crippen LogP contribution >= 0.6 is 0 Å². The van der Waals surface area contributed by atoms with E-state index in [2.05, 4.69) is 10.1 Å². The van der Waals surface area contributed by atoms with Crippen LogP contribution < -0.4 is 0 Å². The van der Waals surface area contributed by atoms with E-state index in [1.165, 1.54) is 18.5 Å². The highest BCUT2D eigenvalue weighted by atomic mass is 19.1. The third-order valence-electron chi connectivity index (χ3n) is 2.69. The number of halogens is 1. The van der Waals surface area contributed by atoms with Crippen molar-refractivity contribution in [1.82, 2.24) is 14.6 Å². The molecule has 0 spiro atoms. The van der Waals surface area contributed by atoms with Crippen molar-refractivity contribution in [3.8, 4) is 0 Å². The number of aromatic nitrogens is 3. The fourth-order valence-electron chi connectivity index (χ4n) is 1.81. The van der Waals surface area contributed by atoms with Crippen LogP contribution in [0.2, 0.25) is 0 Å². The molecule has 0 bridgehead atoms. The summed E-state index contributed by atoms with van der Waals surface area (Å²) in [5, 5.41) is 4.05. The number of hydrogen-bond donors (Lipinski definition) is 0. The molecule has 4 nitrogen and oxygen atoms in total. The highest BCUT2D eigenvalue weighted by Crippen LogP contribution is 2.16. The summed E-state index contributed by atoms with van der Waals surface area (Å²) in [5.74, 6) is -1.02. The van der Waals surface area contributed by atoms with Crippen molar-refractivity contribution in [2.75, 3.05) is 0 Å². The Morgan fingerprint density at radius 2 is 2.06 bits per heavy atom. The van der Waals surface area contributed by atoms with Gasteiger partial charge in [-0.3, -0.25) is 9.78 Å². The quantitative estimate of drug-likeness (QED) is 0.645. The Labute approximate surface area is 102 Å². The molecule has 3 aromatic rings. The van der Waals surface area contributed by atoms with Crippen LogP contribution in [0, 0.1) is 5.82 Å². The van der Waals surface area contributed by atoms with Gasteiger partial charge in [0.1, 0.15) is 0 Å². The van der Waals surface area contributed by atoms with Crippen LogP contribution in [-0.4, -0.2) is 20.4 Å². The lowest BCUT2D eigenvalue weighted by Crippen LogP contribution is -2.04. The van der Waals surface area contributed by atoms with Gasteiger partial charge in [-0.1, -0.05) is 6.07 Å². The van der Waals surface area contributed by atoms with Gasteiger partial charge in [0.15, 0.2) is 11.6 Å². The molecule has 3 aromatic heterocycles. The van der Waals surface area contributed by atoms with E-state index in [0.717, 1.165) is 6.20 Å². The number of rotatable bonds is 2. The van der Waals surface area contributed by atoms with Gasteiger partial charge in [-0.2, -0.15) is 5.10 Å². The predicted molar refractivity (Wildman–Crippen MR) is 62.8 cm³/mol. The Hall–Kier alpha value is -2.56. The van der Waals surface area contributed by atoms with E-state index >= 15 is 0 Å². The smallest absolute Gasteiger partial charge is 0.199 e. The van der Waals surface area contributed by atoms with E-state index in [9.17, 15) is 9.18 Å². The van der Waals surface area contributed by atoms with Gasteiger partial charge in [-0.25, -0.2) is 8.91 Å². The van der Waals surface area contributed by atoms with Gasteiger partial charge >= 0.3 is 0 Å². The molecule has 0 N–H and O–H groups in total. The Morgan fingerprint density at radius 3 is 2.89 bits per heavy atom. The lowest BCUT2D eigenvalue weighted by Gasteiger charge is -2.00. The third kappa shape index (κ3) is 1.57. The van der Waals surface area contributed by atoms with Crippen LogP contribution in [-0.2, 0) is 0 Å². The minimum absolute atomic E-state index is 0.00348. The van der Waals surface area contributed by atoms with Crippen LogP contribution in [0.15, 0.2) is 49.1 Å². The highest BCUT2D eigenvalue weighted by Gasteiger charge is 2.17. The maximum absolute atomic E-state index is 13.5. The molecule has 18 heavy (non-hydrogen) atoms. The van der Waals surface area contributed by atoms with Gasteiger partial charge in [0.05, 0.1) is 29.0 Å². The van der Waals surface area contributed by atoms with Crippen LogP contribution in [0.3, 0.4) is 0 Å². The molecule has 0 saturated heterocycles. The summed E-state index contributed by atoms with van der Waals surface area (Å²) in [6, 6.07) is 6.74.